The number of hydrogen-bond acceptors (Lipinski definition) is 10. The maximum Gasteiger partial charge on any atom is 0.418 e. The predicted molar refractivity (Wildman–Crippen MR) is 178 cm³/mol. The highest BCUT2D eigenvalue weighted by Gasteiger charge is 2.27. The second-order valence-electron chi connectivity index (χ2n) is 11.9. The molecule has 49 heavy (non-hydrogen) atoms. The van der Waals surface area contributed by atoms with Gasteiger partial charge in [0, 0.05) is 29.1 Å². The fourth-order valence-electron chi connectivity index (χ4n) is 6.01. The minimum absolute atomic E-state index is 0.0518. The summed E-state index contributed by atoms with van der Waals surface area (Å²) in [5.41, 5.74) is 3.61. The van der Waals surface area contributed by atoms with Crippen molar-refractivity contribution in [3.8, 4) is 45.5 Å². The second kappa shape index (κ2) is 12.8. The molecule has 4 heterocycles. The molecule has 0 unspecified atom stereocenters. The van der Waals surface area contributed by atoms with Crippen molar-refractivity contribution in [2.75, 3.05) is 14.2 Å². The van der Waals surface area contributed by atoms with Crippen LogP contribution in [-0.2, 0) is 16.0 Å². The average Bonchev–Trinajstić information content (AvgIpc) is 3.88. The Morgan fingerprint density at radius 3 is 2.59 bits per heavy atom. The number of benzene rings is 3. The third-order valence-electron chi connectivity index (χ3n) is 8.47. The van der Waals surface area contributed by atoms with Gasteiger partial charge in [-0.1, -0.05) is 50.2 Å². The van der Waals surface area contributed by atoms with Gasteiger partial charge in [0.15, 0.2) is 11.5 Å². The Kier molecular flexibility index (Phi) is 8.21. The van der Waals surface area contributed by atoms with Crippen molar-refractivity contribution in [1.82, 2.24) is 19.9 Å². The number of para-hydroxylation sites is 1. The summed E-state index contributed by atoms with van der Waals surface area (Å²) >= 11 is 0. The van der Waals surface area contributed by atoms with Gasteiger partial charge in [-0.15, -0.1) is 0 Å². The number of ether oxygens (including phenoxy) is 3. The number of carbonyl (C=O) groups is 3. The molecule has 1 amide bonds. The Labute approximate surface area is 280 Å². The zero-order valence-corrected chi connectivity index (χ0v) is 27.2. The number of aryl methyl sites for hydroxylation is 1. The van der Waals surface area contributed by atoms with Crippen molar-refractivity contribution in [3.63, 3.8) is 0 Å². The summed E-state index contributed by atoms with van der Waals surface area (Å²) in [7, 11) is 2.78. The smallest absolute Gasteiger partial charge is 0.418 e. The molecule has 7 rings (SSSR count). The lowest BCUT2D eigenvalue weighted by Crippen LogP contribution is -2.32. The molecule has 1 aliphatic rings. The number of hydrogen-bond donors (Lipinski definition) is 1. The standard InChI is InChI=1S/C37H32N4O8/c1-20(2)33-35-39-26(19-47-35)34-38-17-30(48-34)25-18-41(37(44)46-4)27-10-7-9-23(32(25)27)22-8-5-6-11-29(22)49-36(43)24-16-21(12-14-28(24)45-3)13-15-31(42)40-33/h5-12,14,16-20,33H,13,15H2,1-4H3,(H,40,42)/t33-/m0/s1. The summed E-state index contributed by atoms with van der Waals surface area (Å²) in [6, 6.07) is 17.2. The van der Waals surface area contributed by atoms with Crippen LogP contribution in [-0.4, -0.2) is 46.7 Å². The van der Waals surface area contributed by atoms with E-state index in [1.54, 1.807) is 42.6 Å². The van der Waals surface area contributed by atoms with Gasteiger partial charge < -0.3 is 28.4 Å². The van der Waals surface area contributed by atoms with Crippen LogP contribution in [0.25, 0.3) is 44.9 Å². The second-order valence-corrected chi connectivity index (χ2v) is 11.9. The lowest BCUT2D eigenvalue weighted by atomic mass is 9.97. The molecular formula is C37H32N4O8. The number of esters is 1. The zero-order valence-electron chi connectivity index (χ0n) is 27.2. The molecule has 0 aliphatic carbocycles. The van der Waals surface area contributed by atoms with Crippen LogP contribution in [0, 0.1) is 5.92 Å². The number of carbonyl (C=O) groups excluding carboxylic acids is 3. The summed E-state index contributed by atoms with van der Waals surface area (Å²) in [6.45, 7) is 3.90. The Bertz CT molecular complexity index is 2230. The van der Waals surface area contributed by atoms with Crippen LogP contribution >= 0.6 is 0 Å². The van der Waals surface area contributed by atoms with E-state index in [0.29, 0.717) is 57.1 Å². The molecule has 248 valence electrons. The molecule has 0 saturated carbocycles. The SMILES string of the molecule is COC(=O)n1cc2c3c(cccc31)-c1ccccc1OC(=O)c1cc(ccc1OC)CCC(=O)N[C@@H](C(C)C)c1nc(co1)-c1ncc-2o1. The molecule has 1 aliphatic heterocycles. The van der Waals surface area contributed by atoms with Gasteiger partial charge in [-0.3, -0.25) is 9.36 Å². The maximum atomic E-state index is 13.8. The summed E-state index contributed by atoms with van der Waals surface area (Å²) in [5, 5.41) is 3.66. The first-order chi connectivity index (χ1) is 23.7. The largest absolute Gasteiger partial charge is 0.496 e. The van der Waals surface area contributed by atoms with E-state index < -0.39 is 18.1 Å². The molecule has 3 aromatic heterocycles. The van der Waals surface area contributed by atoms with Crippen LogP contribution in [0.1, 0.15) is 48.1 Å². The van der Waals surface area contributed by atoms with Gasteiger partial charge in [0.25, 0.3) is 0 Å². The van der Waals surface area contributed by atoms with E-state index in [4.69, 9.17) is 23.0 Å². The van der Waals surface area contributed by atoms with Crippen molar-refractivity contribution >= 4 is 28.9 Å². The molecule has 6 bridgehead atoms. The third kappa shape index (κ3) is 5.81. The lowest BCUT2D eigenvalue weighted by Gasteiger charge is -2.19. The van der Waals surface area contributed by atoms with E-state index >= 15 is 0 Å². The molecule has 0 saturated heterocycles. The molecule has 1 atom stereocenters. The number of rotatable bonds is 2. The van der Waals surface area contributed by atoms with Gasteiger partial charge in [-0.2, -0.15) is 0 Å². The van der Waals surface area contributed by atoms with E-state index in [2.05, 4.69) is 15.3 Å². The Morgan fingerprint density at radius 2 is 1.80 bits per heavy atom. The third-order valence-corrected chi connectivity index (χ3v) is 8.47. The summed E-state index contributed by atoms with van der Waals surface area (Å²) in [4.78, 5) is 49.0. The van der Waals surface area contributed by atoms with Crippen LogP contribution in [0.2, 0.25) is 0 Å². The Morgan fingerprint density at radius 1 is 0.980 bits per heavy atom. The lowest BCUT2D eigenvalue weighted by molar-refractivity contribution is -0.122. The van der Waals surface area contributed by atoms with Gasteiger partial charge in [0.2, 0.25) is 17.7 Å². The summed E-state index contributed by atoms with van der Waals surface area (Å²) < 4.78 is 30.1. The molecular weight excluding hydrogens is 628 g/mol. The number of nitrogens with zero attached hydrogens (tertiary/aromatic N) is 3. The fourth-order valence-corrected chi connectivity index (χ4v) is 6.01. The predicted octanol–water partition coefficient (Wildman–Crippen LogP) is 7.22. The number of amides is 1. The van der Waals surface area contributed by atoms with Crippen molar-refractivity contribution in [1.29, 1.82) is 0 Å². The van der Waals surface area contributed by atoms with E-state index in [1.807, 2.05) is 38.1 Å². The highest BCUT2D eigenvalue weighted by atomic mass is 16.5. The molecule has 12 heteroatoms. The van der Waals surface area contributed by atoms with E-state index in [9.17, 15) is 14.4 Å². The van der Waals surface area contributed by atoms with Crippen LogP contribution in [0.5, 0.6) is 11.5 Å². The quantitative estimate of drug-likeness (QED) is 0.149. The summed E-state index contributed by atoms with van der Waals surface area (Å²) in [6.07, 6.45) is 4.49. The summed E-state index contributed by atoms with van der Waals surface area (Å²) in [5.74, 6) is 0.536. The first-order valence-corrected chi connectivity index (χ1v) is 15.7. The van der Waals surface area contributed by atoms with Crippen molar-refractivity contribution in [3.05, 3.63) is 96.3 Å². The van der Waals surface area contributed by atoms with Crippen LogP contribution in [0.15, 0.2) is 88.2 Å². The van der Waals surface area contributed by atoms with E-state index in [-0.39, 0.29) is 35.4 Å². The van der Waals surface area contributed by atoms with Crippen LogP contribution < -0.4 is 14.8 Å². The van der Waals surface area contributed by atoms with Crippen molar-refractivity contribution in [2.24, 2.45) is 5.92 Å². The topological polar surface area (TPSA) is 148 Å². The minimum atomic E-state index is -0.639. The van der Waals surface area contributed by atoms with Gasteiger partial charge in [0.1, 0.15) is 29.4 Å². The first kappa shape index (κ1) is 31.4. The van der Waals surface area contributed by atoms with Gasteiger partial charge in [-0.05, 0) is 47.7 Å². The van der Waals surface area contributed by atoms with Gasteiger partial charge >= 0.3 is 12.1 Å². The van der Waals surface area contributed by atoms with Gasteiger partial charge in [0.05, 0.1) is 25.9 Å². The molecule has 0 fully saturated rings. The molecule has 1 N–H and O–H groups in total. The molecule has 6 aromatic rings. The number of aromatic nitrogens is 3. The molecule has 0 radical (unpaired) electrons. The van der Waals surface area contributed by atoms with Gasteiger partial charge in [-0.25, -0.2) is 19.6 Å². The highest BCUT2D eigenvalue weighted by Crippen LogP contribution is 2.42. The number of nitrogens with one attached hydrogen (secondary N) is 1. The van der Waals surface area contributed by atoms with Crippen molar-refractivity contribution < 1.29 is 37.4 Å². The molecule has 3 aromatic carbocycles. The molecule has 12 nitrogen and oxygen atoms in total. The van der Waals surface area contributed by atoms with E-state index in [0.717, 1.165) is 5.56 Å². The normalized spacial score (nSPS) is 14.8. The zero-order chi connectivity index (χ0) is 34.2. The number of oxazole rings is 2. The number of methoxy groups -OCH3 is 2. The van der Waals surface area contributed by atoms with Crippen molar-refractivity contribution in [2.45, 2.75) is 32.7 Å². The maximum absolute atomic E-state index is 13.8. The van der Waals surface area contributed by atoms with Crippen LogP contribution in [0.4, 0.5) is 4.79 Å². The first-order valence-electron chi connectivity index (χ1n) is 15.7. The van der Waals surface area contributed by atoms with Crippen LogP contribution in [0.3, 0.4) is 0 Å². The monoisotopic (exact) mass is 660 g/mol. The minimum Gasteiger partial charge on any atom is -0.496 e. The number of fused-ring (bicyclic) bond motifs is 10. The Hall–Kier alpha value is -6.17. The average molecular weight is 661 g/mol. The Balaban J connectivity index is 1.44. The molecule has 0 spiro atoms. The van der Waals surface area contributed by atoms with E-state index in [1.165, 1.54) is 31.2 Å². The fraction of sp³-hybridized carbons (Fsp3) is 0.216. The highest BCUT2D eigenvalue weighted by molar-refractivity contribution is 6.09.